The fourth-order valence-corrected chi connectivity index (χ4v) is 1.51. The normalized spacial score (nSPS) is 12.7. The van der Waals surface area contributed by atoms with Crippen molar-refractivity contribution in [1.29, 1.82) is 0 Å². The Morgan fingerprint density at radius 1 is 1.39 bits per heavy atom. The second kappa shape index (κ2) is 6.50. The summed E-state index contributed by atoms with van der Waals surface area (Å²) in [4.78, 5) is 10.9. The Kier molecular flexibility index (Phi) is 5.28. The lowest BCUT2D eigenvalue weighted by Crippen LogP contribution is -2.24. The van der Waals surface area contributed by atoms with Crippen LogP contribution in [-0.2, 0) is 6.54 Å². The van der Waals surface area contributed by atoms with E-state index in [1.807, 2.05) is 0 Å². The van der Waals surface area contributed by atoms with Gasteiger partial charge in [0.1, 0.15) is 5.82 Å². The fraction of sp³-hybridized carbons (Fsp3) is 0.500. The molecule has 1 atom stereocenters. The highest BCUT2D eigenvalue weighted by Gasteiger charge is 2.09. The quantitative estimate of drug-likeness (QED) is 0.816. The molecule has 4 heteroatoms. The molecule has 0 saturated carbocycles. The van der Waals surface area contributed by atoms with Crippen LogP contribution in [0, 0.1) is 17.7 Å². The maximum absolute atomic E-state index is 13.6. The molecule has 1 unspecified atom stereocenters. The molecule has 0 aromatic heterocycles. The largest absolute Gasteiger partial charge is 0.366 e. The van der Waals surface area contributed by atoms with E-state index in [1.54, 1.807) is 12.1 Å². The molecule has 100 valence electrons. The van der Waals surface area contributed by atoms with E-state index < -0.39 is 11.7 Å². The summed E-state index contributed by atoms with van der Waals surface area (Å²) in [6.07, 6.45) is 0. The van der Waals surface area contributed by atoms with E-state index in [4.69, 9.17) is 5.73 Å². The predicted octanol–water partition coefficient (Wildman–Crippen LogP) is 2.31. The Bertz CT molecular complexity index is 418. The molecule has 18 heavy (non-hydrogen) atoms. The van der Waals surface area contributed by atoms with Gasteiger partial charge in [-0.25, -0.2) is 4.39 Å². The summed E-state index contributed by atoms with van der Waals surface area (Å²) in [5.74, 6) is 0.135. The van der Waals surface area contributed by atoms with Crippen LogP contribution in [0.15, 0.2) is 18.2 Å². The Hall–Kier alpha value is -1.42. The summed E-state index contributed by atoms with van der Waals surface area (Å²) in [6.45, 7) is 7.78. The second-order valence-electron chi connectivity index (χ2n) is 5.02. The third kappa shape index (κ3) is 4.11. The molecular formula is C14H21FN2O. The van der Waals surface area contributed by atoms with Crippen LogP contribution in [-0.4, -0.2) is 12.5 Å². The van der Waals surface area contributed by atoms with E-state index >= 15 is 0 Å². The highest BCUT2D eigenvalue weighted by atomic mass is 19.1. The van der Waals surface area contributed by atoms with E-state index in [0.717, 1.165) is 6.54 Å². The van der Waals surface area contributed by atoms with Gasteiger partial charge in [-0.05, 0) is 30.5 Å². The number of hydrogen-bond donors (Lipinski definition) is 2. The zero-order valence-electron chi connectivity index (χ0n) is 11.2. The molecule has 0 radical (unpaired) electrons. The van der Waals surface area contributed by atoms with Gasteiger partial charge in [0.25, 0.3) is 0 Å². The van der Waals surface area contributed by atoms with E-state index in [9.17, 15) is 9.18 Å². The zero-order valence-corrected chi connectivity index (χ0v) is 11.2. The van der Waals surface area contributed by atoms with Crippen LogP contribution in [0.4, 0.5) is 4.39 Å². The van der Waals surface area contributed by atoms with Crippen molar-refractivity contribution in [2.24, 2.45) is 17.6 Å². The third-order valence-corrected chi connectivity index (χ3v) is 3.26. The monoisotopic (exact) mass is 252 g/mol. The highest BCUT2D eigenvalue weighted by molar-refractivity contribution is 5.92. The molecule has 0 aliphatic rings. The van der Waals surface area contributed by atoms with Crippen molar-refractivity contribution in [2.45, 2.75) is 27.3 Å². The predicted molar refractivity (Wildman–Crippen MR) is 70.6 cm³/mol. The molecule has 0 aliphatic carbocycles. The molecule has 3 N–H and O–H groups in total. The van der Waals surface area contributed by atoms with E-state index in [2.05, 4.69) is 26.1 Å². The molecular weight excluding hydrogens is 231 g/mol. The van der Waals surface area contributed by atoms with Crippen molar-refractivity contribution >= 4 is 5.91 Å². The van der Waals surface area contributed by atoms with Gasteiger partial charge in [0, 0.05) is 17.7 Å². The lowest BCUT2D eigenvalue weighted by atomic mass is 9.98. The minimum absolute atomic E-state index is 0.201. The Labute approximate surface area is 108 Å². The molecule has 0 fully saturated rings. The zero-order chi connectivity index (χ0) is 13.7. The number of amides is 1. The summed E-state index contributed by atoms with van der Waals surface area (Å²) >= 11 is 0. The summed E-state index contributed by atoms with van der Waals surface area (Å²) in [5, 5.41) is 3.22. The molecule has 0 heterocycles. The number of benzene rings is 1. The SMILES string of the molecule is CC(C)C(C)CNCc1ccc(C(N)=O)cc1F. The molecule has 1 amide bonds. The van der Waals surface area contributed by atoms with Crippen molar-refractivity contribution in [1.82, 2.24) is 5.32 Å². The van der Waals surface area contributed by atoms with Gasteiger partial charge >= 0.3 is 0 Å². The number of carbonyl (C=O) groups excluding carboxylic acids is 1. The van der Waals surface area contributed by atoms with E-state index in [-0.39, 0.29) is 5.56 Å². The molecule has 1 rings (SSSR count). The average Bonchev–Trinajstić information content (AvgIpc) is 2.30. The van der Waals surface area contributed by atoms with E-state index in [0.29, 0.717) is 23.9 Å². The van der Waals surface area contributed by atoms with Crippen molar-refractivity contribution in [3.63, 3.8) is 0 Å². The first-order chi connectivity index (χ1) is 8.41. The summed E-state index contributed by atoms with van der Waals surface area (Å²) in [5.41, 5.74) is 5.84. The average molecular weight is 252 g/mol. The summed E-state index contributed by atoms with van der Waals surface area (Å²) in [7, 11) is 0. The van der Waals surface area contributed by atoms with E-state index in [1.165, 1.54) is 6.07 Å². The standard InChI is InChI=1S/C14H21FN2O/c1-9(2)10(3)7-17-8-12-5-4-11(14(16)18)6-13(12)15/h4-6,9-10,17H,7-8H2,1-3H3,(H2,16,18). The first kappa shape index (κ1) is 14.6. The molecule has 0 spiro atoms. The molecule has 0 saturated heterocycles. The van der Waals surface area contributed by atoms with Crippen LogP contribution in [0.3, 0.4) is 0 Å². The van der Waals surface area contributed by atoms with Gasteiger partial charge in [0.2, 0.25) is 5.91 Å². The lowest BCUT2D eigenvalue weighted by molar-refractivity contribution is 0.1000. The first-order valence-corrected chi connectivity index (χ1v) is 6.20. The maximum atomic E-state index is 13.6. The van der Waals surface area contributed by atoms with Gasteiger partial charge in [-0.2, -0.15) is 0 Å². The van der Waals surface area contributed by atoms with Gasteiger partial charge in [0.05, 0.1) is 0 Å². The summed E-state index contributed by atoms with van der Waals surface area (Å²) < 4.78 is 13.6. The van der Waals surface area contributed by atoms with Crippen LogP contribution in [0.2, 0.25) is 0 Å². The van der Waals surface area contributed by atoms with Crippen LogP contribution in [0.1, 0.15) is 36.7 Å². The second-order valence-corrected chi connectivity index (χ2v) is 5.02. The number of nitrogens with two attached hydrogens (primary N) is 1. The van der Waals surface area contributed by atoms with Gasteiger partial charge in [-0.3, -0.25) is 4.79 Å². The molecule has 0 aliphatic heterocycles. The number of carbonyl (C=O) groups is 1. The van der Waals surface area contributed by atoms with Crippen LogP contribution in [0.5, 0.6) is 0 Å². The lowest BCUT2D eigenvalue weighted by Gasteiger charge is -2.16. The van der Waals surface area contributed by atoms with Crippen LogP contribution >= 0.6 is 0 Å². The Morgan fingerprint density at radius 3 is 2.56 bits per heavy atom. The third-order valence-electron chi connectivity index (χ3n) is 3.26. The van der Waals surface area contributed by atoms with Crippen molar-refractivity contribution in [3.05, 3.63) is 35.1 Å². The van der Waals surface area contributed by atoms with Crippen molar-refractivity contribution in [3.8, 4) is 0 Å². The van der Waals surface area contributed by atoms with Gasteiger partial charge < -0.3 is 11.1 Å². The Morgan fingerprint density at radius 2 is 2.06 bits per heavy atom. The fourth-order valence-electron chi connectivity index (χ4n) is 1.51. The highest BCUT2D eigenvalue weighted by Crippen LogP contribution is 2.11. The van der Waals surface area contributed by atoms with Crippen molar-refractivity contribution in [2.75, 3.05) is 6.54 Å². The smallest absolute Gasteiger partial charge is 0.248 e. The van der Waals surface area contributed by atoms with Gasteiger partial charge in [0.15, 0.2) is 0 Å². The number of primary amides is 1. The van der Waals surface area contributed by atoms with Crippen LogP contribution in [0.25, 0.3) is 0 Å². The molecule has 3 nitrogen and oxygen atoms in total. The minimum atomic E-state index is -0.609. The summed E-state index contributed by atoms with van der Waals surface area (Å²) in [6, 6.07) is 4.34. The number of hydrogen-bond acceptors (Lipinski definition) is 2. The minimum Gasteiger partial charge on any atom is -0.366 e. The van der Waals surface area contributed by atoms with Crippen molar-refractivity contribution < 1.29 is 9.18 Å². The number of nitrogens with one attached hydrogen (secondary N) is 1. The van der Waals surface area contributed by atoms with Crippen LogP contribution < -0.4 is 11.1 Å². The first-order valence-electron chi connectivity index (χ1n) is 6.20. The maximum Gasteiger partial charge on any atom is 0.248 e. The topological polar surface area (TPSA) is 55.1 Å². The number of halogens is 1. The molecule has 0 bridgehead atoms. The number of rotatable bonds is 6. The van der Waals surface area contributed by atoms with Gasteiger partial charge in [-0.1, -0.05) is 26.8 Å². The Balaban J connectivity index is 2.56. The van der Waals surface area contributed by atoms with Gasteiger partial charge in [-0.15, -0.1) is 0 Å². The molecule has 1 aromatic carbocycles. The molecule has 1 aromatic rings.